The molecule has 0 aliphatic carbocycles. The second-order valence-corrected chi connectivity index (χ2v) is 7.97. The van der Waals surface area contributed by atoms with Gasteiger partial charge in [0, 0.05) is 25.6 Å². The van der Waals surface area contributed by atoms with E-state index >= 15 is 0 Å². The molecule has 1 N–H and O–H groups in total. The maximum atomic E-state index is 13.3. The Morgan fingerprint density at radius 2 is 1.97 bits per heavy atom. The number of hydrogen-bond donors (Lipinski definition) is 1. The summed E-state index contributed by atoms with van der Waals surface area (Å²) in [6.45, 7) is 3.70. The van der Waals surface area contributed by atoms with Gasteiger partial charge in [0.25, 0.3) is 0 Å². The fourth-order valence-corrected chi connectivity index (χ4v) is 4.14. The summed E-state index contributed by atoms with van der Waals surface area (Å²) in [6.07, 6.45) is -4.26. The molecule has 0 spiro atoms. The maximum Gasteiger partial charge on any atom is 0.416 e. The standard InChI is InChI=1S/C20H20BrF3N4O2/c1-12-13(3-2-4-14(12)20(22,23)24)9-17-16(11-29)25-19-15(21)10-18(26-28(17)19)27-5-7-30-8-6-27/h2-4,10,29H,5-9,11H2,1H3. The van der Waals surface area contributed by atoms with E-state index in [1.54, 1.807) is 10.6 Å². The number of alkyl halides is 3. The molecule has 6 nitrogen and oxygen atoms in total. The van der Waals surface area contributed by atoms with Crippen molar-refractivity contribution in [1.82, 2.24) is 14.6 Å². The number of nitrogens with zero attached hydrogens (tertiary/aromatic N) is 4. The summed E-state index contributed by atoms with van der Waals surface area (Å²) in [5, 5.41) is 14.5. The number of anilines is 1. The van der Waals surface area contributed by atoms with E-state index in [1.165, 1.54) is 13.0 Å². The number of halogens is 4. The highest BCUT2D eigenvalue weighted by Gasteiger charge is 2.33. The molecule has 3 heterocycles. The molecule has 1 saturated heterocycles. The summed E-state index contributed by atoms with van der Waals surface area (Å²) in [6, 6.07) is 5.99. The first-order valence-electron chi connectivity index (χ1n) is 9.46. The zero-order chi connectivity index (χ0) is 21.5. The molecule has 10 heteroatoms. The average molecular weight is 485 g/mol. The molecule has 2 aromatic heterocycles. The van der Waals surface area contributed by atoms with Gasteiger partial charge in [0.2, 0.25) is 0 Å². The van der Waals surface area contributed by atoms with Crippen LogP contribution in [0.15, 0.2) is 28.7 Å². The lowest BCUT2D eigenvalue weighted by atomic mass is 9.98. The lowest BCUT2D eigenvalue weighted by Crippen LogP contribution is -2.37. The van der Waals surface area contributed by atoms with Gasteiger partial charge in [0.05, 0.1) is 41.2 Å². The first-order chi connectivity index (χ1) is 14.3. The SMILES string of the molecule is Cc1c(Cc2c(CO)nc3c(Br)cc(N4CCOCC4)nn23)cccc1C(F)(F)F. The van der Waals surface area contributed by atoms with Crippen molar-refractivity contribution in [2.45, 2.75) is 26.1 Å². The summed E-state index contributed by atoms with van der Waals surface area (Å²) in [5.41, 5.74) is 1.46. The zero-order valence-electron chi connectivity index (χ0n) is 16.2. The van der Waals surface area contributed by atoms with E-state index in [9.17, 15) is 18.3 Å². The third-order valence-electron chi connectivity index (χ3n) is 5.30. The maximum absolute atomic E-state index is 13.3. The predicted molar refractivity (Wildman–Crippen MR) is 109 cm³/mol. The van der Waals surface area contributed by atoms with E-state index < -0.39 is 11.7 Å². The normalized spacial score (nSPS) is 15.2. The monoisotopic (exact) mass is 484 g/mol. The molecule has 0 saturated carbocycles. The Bertz CT molecular complexity index is 1080. The summed E-state index contributed by atoms with van der Waals surface area (Å²) in [5.74, 6) is 0.710. The largest absolute Gasteiger partial charge is 0.416 e. The van der Waals surface area contributed by atoms with E-state index in [0.717, 1.165) is 6.07 Å². The molecule has 1 aromatic carbocycles. The number of fused-ring (bicyclic) bond motifs is 1. The number of imidazole rings is 1. The third-order valence-corrected chi connectivity index (χ3v) is 5.88. The van der Waals surface area contributed by atoms with E-state index in [2.05, 4.69) is 30.9 Å². The summed E-state index contributed by atoms with van der Waals surface area (Å²) in [7, 11) is 0. The van der Waals surface area contributed by atoms with Crippen LogP contribution in [0.5, 0.6) is 0 Å². The highest BCUT2D eigenvalue weighted by molar-refractivity contribution is 9.10. The van der Waals surface area contributed by atoms with Crippen LogP contribution < -0.4 is 4.90 Å². The Morgan fingerprint density at radius 1 is 1.23 bits per heavy atom. The molecule has 0 bridgehead atoms. The number of rotatable bonds is 4. The average Bonchev–Trinajstić information content (AvgIpc) is 3.07. The lowest BCUT2D eigenvalue weighted by Gasteiger charge is -2.27. The van der Waals surface area contributed by atoms with Crippen LogP contribution in [0, 0.1) is 6.92 Å². The van der Waals surface area contributed by atoms with Crippen molar-refractivity contribution in [3.8, 4) is 0 Å². The van der Waals surface area contributed by atoms with E-state index in [-0.39, 0.29) is 18.6 Å². The molecular formula is C20H20BrF3N4O2. The molecule has 1 aliphatic rings. The number of aliphatic hydroxyl groups excluding tert-OH is 1. The number of ether oxygens (including phenoxy) is 1. The molecule has 160 valence electrons. The van der Waals surface area contributed by atoms with Gasteiger partial charge in [0.1, 0.15) is 0 Å². The predicted octanol–water partition coefficient (Wildman–Crippen LogP) is 3.74. The van der Waals surface area contributed by atoms with Crippen LogP contribution in [0.25, 0.3) is 5.65 Å². The highest BCUT2D eigenvalue weighted by Crippen LogP contribution is 2.34. The number of hydrogen-bond acceptors (Lipinski definition) is 5. The van der Waals surface area contributed by atoms with Gasteiger partial charge < -0.3 is 14.7 Å². The summed E-state index contributed by atoms with van der Waals surface area (Å²) < 4.78 is 47.7. The highest BCUT2D eigenvalue weighted by atomic mass is 79.9. The van der Waals surface area contributed by atoms with E-state index in [1.807, 2.05) is 6.07 Å². The van der Waals surface area contributed by atoms with Crippen LogP contribution in [-0.4, -0.2) is 46.0 Å². The van der Waals surface area contributed by atoms with Gasteiger partial charge in [-0.2, -0.15) is 13.2 Å². The van der Waals surface area contributed by atoms with E-state index in [0.29, 0.717) is 59.2 Å². The first-order valence-corrected chi connectivity index (χ1v) is 10.2. The molecular weight excluding hydrogens is 465 g/mol. The van der Waals surface area contributed by atoms with Gasteiger partial charge in [-0.05, 0) is 40.0 Å². The quantitative estimate of drug-likeness (QED) is 0.611. The molecule has 0 unspecified atom stereocenters. The second-order valence-electron chi connectivity index (χ2n) is 7.11. The Morgan fingerprint density at radius 3 is 2.63 bits per heavy atom. The fourth-order valence-electron chi connectivity index (χ4n) is 3.67. The number of aliphatic hydroxyl groups is 1. The topological polar surface area (TPSA) is 62.9 Å². The molecule has 0 amide bonds. The first kappa shape index (κ1) is 21.1. The summed E-state index contributed by atoms with van der Waals surface area (Å²) in [4.78, 5) is 6.53. The van der Waals surface area contributed by atoms with Crippen molar-refractivity contribution in [2.75, 3.05) is 31.2 Å². The van der Waals surface area contributed by atoms with Gasteiger partial charge in [-0.15, -0.1) is 5.10 Å². The van der Waals surface area contributed by atoms with Gasteiger partial charge in [-0.3, -0.25) is 0 Å². The van der Waals surface area contributed by atoms with Crippen LogP contribution in [0.1, 0.15) is 28.1 Å². The van der Waals surface area contributed by atoms with Crippen molar-refractivity contribution in [3.63, 3.8) is 0 Å². The second kappa shape index (κ2) is 8.16. The molecule has 1 aliphatic heterocycles. The smallest absolute Gasteiger partial charge is 0.390 e. The summed E-state index contributed by atoms with van der Waals surface area (Å²) >= 11 is 3.52. The van der Waals surface area contributed by atoms with Crippen LogP contribution in [0.4, 0.5) is 19.0 Å². The van der Waals surface area contributed by atoms with Crippen molar-refractivity contribution in [1.29, 1.82) is 0 Å². The van der Waals surface area contributed by atoms with Crippen LogP contribution in [0.2, 0.25) is 0 Å². The number of morpholine rings is 1. The number of aromatic nitrogens is 3. The van der Waals surface area contributed by atoms with Crippen molar-refractivity contribution >= 4 is 27.4 Å². The molecule has 0 atom stereocenters. The van der Waals surface area contributed by atoms with Gasteiger partial charge in [-0.1, -0.05) is 12.1 Å². The van der Waals surface area contributed by atoms with Crippen LogP contribution >= 0.6 is 15.9 Å². The minimum absolute atomic E-state index is 0.159. The van der Waals surface area contributed by atoms with Crippen molar-refractivity contribution in [3.05, 3.63) is 56.8 Å². The minimum atomic E-state index is -4.43. The lowest BCUT2D eigenvalue weighted by molar-refractivity contribution is -0.138. The van der Waals surface area contributed by atoms with Crippen molar-refractivity contribution in [2.24, 2.45) is 0 Å². The number of benzene rings is 1. The molecule has 4 rings (SSSR count). The zero-order valence-corrected chi connectivity index (χ0v) is 17.8. The molecule has 1 fully saturated rings. The van der Waals surface area contributed by atoms with Crippen LogP contribution in [-0.2, 0) is 23.9 Å². The Labute approximate surface area is 179 Å². The van der Waals surface area contributed by atoms with Crippen LogP contribution in [0.3, 0.4) is 0 Å². The molecule has 0 radical (unpaired) electrons. The third kappa shape index (κ3) is 3.91. The Hall–Kier alpha value is -2.17. The van der Waals surface area contributed by atoms with Gasteiger partial charge >= 0.3 is 6.18 Å². The molecule has 30 heavy (non-hydrogen) atoms. The van der Waals surface area contributed by atoms with Gasteiger partial charge in [0.15, 0.2) is 11.5 Å². The fraction of sp³-hybridized carbons (Fsp3) is 0.400. The molecule has 3 aromatic rings. The van der Waals surface area contributed by atoms with Gasteiger partial charge in [-0.25, -0.2) is 9.50 Å². The minimum Gasteiger partial charge on any atom is -0.390 e. The van der Waals surface area contributed by atoms with E-state index in [4.69, 9.17) is 4.74 Å². The van der Waals surface area contributed by atoms with Crippen molar-refractivity contribution < 1.29 is 23.0 Å². The Balaban J connectivity index is 1.81. The Kier molecular flexibility index (Phi) is 5.73.